The topological polar surface area (TPSA) is 47.7 Å². The Morgan fingerprint density at radius 3 is 1.36 bits per heavy atom. The van der Waals surface area contributed by atoms with E-state index in [-0.39, 0.29) is 13.4 Å². The monoisotopic (exact) mass is 975 g/mol. The van der Waals surface area contributed by atoms with Crippen molar-refractivity contribution in [1.29, 1.82) is 5.26 Å². The number of nitrogens with zero attached hydrogens (tertiary/aromatic N) is 7. The van der Waals surface area contributed by atoms with E-state index < -0.39 is 0 Å². The molecule has 0 saturated heterocycles. The van der Waals surface area contributed by atoms with Gasteiger partial charge in [0.25, 0.3) is 13.4 Å². The number of hydrogen-bond acceptors (Lipinski definition) is 4. The van der Waals surface area contributed by atoms with Crippen LogP contribution in [0.1, 0.15) is 5.56 Å². The summed E-state index contributed by atoms with van der Waals surface area (Å²) in [6.07, 6.45) is 0. The van der Waals surface area contributed by atoms with Crippen LogP contribution in [0.5, 0.6) is 0 Å². The molecule has 0 unspecified atom stereocenters. The third kappa shape index (κ3) is 5.49. The Morgan fingerprint density at radius 1 is 0.364 bits per heavy atom. The van der Waals surface area contributed by atoms with Crippen molar-refractivity contribution >= 4 is 147 Å². The van der Waals surface area contributed by atoms with Crippen molar-refractivity contribution in [2.45, 2.75) is 0 Å². The van der Waals surface area contributed by atoms with Crippen molar-refractivity contribution in [3.8, 4) is 17.4 Å². The van der Waals surface area contributed by atoms with E-state index in [1.807, 2.05) is 24.3 Å². The SMILES string of the molecule is [C-]#[N+]c1cccc2c3ccccc3n(-c3ccc4c(c3)N(c3ccccc3)c3cc5c6c7c3B4c3ccccc3N7c3ccccc3B6c3ccc(-n4c6ccccc6c6cccc(C#N)c64)cc3N5c3ccccc3)c12. The van der Waals surface area contributed by atoms with E-state index in [9.17, 15) is 5.26 Å². The number of fused-ring (bicyclic) bond motifs is 16. The Labute approximate surface area is 444 Å². The summed E-state index contributed by atoms with van der Waals surface area (Å²) >= 11 is 0. The van der Waals surface area contributed by atoms with Gasteiger partial charge in [-0.1, -0.05) is 152 Å². The molecule has 0 bridgehead atoms. The van der Waals surface area contributed by atoms with Gasteiger partial charge in [0.2, 0.25) is 5.69 Å². The molecule has 0 aliphatic carbocycles. The molecule has 0 amide bonds. The number of nitriles is 1. The molecule has 0 fully saturated rings. The third-order valence-corrected chi connectivity index (χ3v) is 16.9. The average Bonchev–Trinajstić information content (AvgIpc) is 4.22. The molecule has 352 valence electrons. The fourth-order valence-corrected chi connectivity index (χ4v) is 14.0. The number of anilines is 9. The molecule has 2 aromatic heterocycles. The highest BCUT2D eigenvalue weighted by atomic mass is 15.2. The van der Waals surface area contributed by atoms with Gasteiger partial charge in [0, 0.05) is 78.7 Å². The molecule has 9 heteroatoms. The number of rotatable bonds is 4. The van der Waals surface area contributed by atoms with Crippen molar-refractivity contribution in [3.05, 3.63) is 254 Å². The minimum atomic E-state index is -0.110. The summed E-state index contributed by atoms with van der Waals surface area (Å²) in [5.74, 6) is 0. The fourth-order valence-electron chi connectivity index (χ4n) is 14.0. The van der Waals surface area contributed by atoms with Gasteiger partial charge < -0.3 is 23.8 Å². The molecular weight excluding hydrogens is 936 g/mol. The summed E-state index contributed by atoms with van der Waals surface area (Å²) in [5.41, 5.74) is 24.8. The van der Waals surface area contributed by atoms with Gasteiger partial charge >= 0.3 is 0 Å². The lowest BCUT2D eigenvalue weighted by atomic mass is 9.28. The Bertz CT molecular complexity index is 4530. The van der Waals surface area contributed by atoms with Gasteiger partial charge in [-0.25, -0.2) is 4.85 Å². The van der Waals surface area contributed by atoms with Crippen LogP contribution in [0.25, 0.3) is 59.8 Å². The van der Waals surface area contributed by atoms with Crippen LogP contribution in [-0.4, -0.2) is 22.6 Å². The highest BCUT2D eigenvalue weighted by molar-refractivity contribution is 7.04. The predicted molar refractivity (Wildman–Crippen MR) is 319 cm³/mol. The lowest BCUT2D eigenvalue weighted by Gasteiger charge is -2.51. The second kappa shape index (κ2) is 15.5. The second-order valence-corrected chi connectivity index (χ2v) is 20.5. The standard InChI is InChI=1S/C68H39B2N7/c1-72-55-29-17-26-50-48-24-9-13-31-57(48)76(67(50)55)46-35-37-54-61(39-46)74(44-21-6-3-7-22-44)63-40-62-64-68-65(63)70(54)52-28-11-15-33-59(52)77(68)58-32-14-10-27-51(58)69(64)53-36-34-45(38-60(53)73(62)43-19-4-2-5-20-43)75-56-30-12-8-23-47(56)49-25-16-18-42(41-71)66(49)75/h2-40H. The van der Waals surface area contributed by atoms with Crippen LogP contribution in [0, 0.1) is 17.9 Å². The maximum absolute atomic E-state index is 10.7. The van der Waals surface area contributed by atoms with Crippen LogP contribution in [0.3, 0.4) is 0 Å². The first-order valence-corrected chi connectivity index (χ1v) is 26.2. The van der Waals surface area contributed by atoms with Gasteiger partial charge in [-0.05, 0) is 123 Å². The van der Waals surface area contributed by atoms with Gasteiger partial charge in [0.05, 0.1) is 34.2 Å². The second-order valence-electron chi connectivity index (χ2n) is 20.5. The summed E-state index contributed by atoms with van der Waals surface area (Å²) in [4.78, 5) is 11.7. The van der Waals surface area contributed by atoms with E-state index in [0.29, 0.717) is 11.3 Å². The quantitative estimate of drug-likeness (QED) is 0.130. The molecular formula is C68H39B2N7. The molecule has 13 aromatic rings. The van der Waals surface area contributed by atoms with Crippen molar-refractivity contribution in [2.24, 2.45) is 0 Å². The molecule has 0 radical (unpaired) electrons. The highest BCUT2D eigenvalue weighted by Gasteiger charge is 2.51. The minimum absolute atomic E-state index is 0.108. The van der Waals surface area contributed by atoms with Gasteiger partial charge in [0.15, 0.2) is 0 Å². The van der Waals surface area contributed by atoms with Crippen LogP contribution >= 0.6 is 0 Å². The van der Waals surface area contributed by atoms with Crippen molar-refractivity contribution in [3.63, 3.8) is 0 Å². The van der Waals surface area contributed by atoms with E-state index in [2.05, 4.69) is 247 Å². The fraction of sp³-hybridized carbons (Fsp3) is 0. The number of para-hydroxylation sites is 8. The maximum atomic E-state index is 10.7. The summed E-state index contributed by atoms with van der Waals surface area (Å²) in [5, 5.41) is 15.0. The maximum Gasteiger partial charge on any atom is 0.252 e. The summed E-state index contributed by atoms with van der Waals surface area (Å²) in [6.45, 7) is 8.16. The zero-order valence-electron chi connectivity index (χ0n) is 41.3. The average molecular weight is 976 g/mol. The molecule has 0 saturated carbocycles. The predicted octanol–water partition coefficient (Wildman–Crippen LogP) is 13.0. The first kappa shape index (κ1) is 41.9. The Morgan fingerprint density at radius 2 is 0.818 bits per heavy atom. The molecule has 7 nitrogen and oxygen atoms in total. The first-order valence-electron chi connectivity index (χ1n) is 26.2. The summed E-state index contributed by atoms with van der Waals surface area (Å²) < 4.78 is 4.59. The first-order chi connectivity index (χ1) is 38.2. The lowest BCUT2D eigenvalue weighted by molar-refractivity contribution is 1.16. The molecule has 4 aliphatic heterocycles. The zero-order valence-corrected chi connectivity index (χ0v) is 41.3. The van der Waals surface area contributed by atoms with Gasteiger partial charge in [-0.15, -0.1) is 0 Å². The molecule has 0 N–H and O–H groups in total. The van der Waals surface area contributed by atoms with E-state index in [1.165, 1.54) is 49.8 Å². The molecule has 6 heterocycles. The molecule has 17 rings (SSSR count). The lowest BCUT2D eigenvalue weighted by Crippen LogP contribution is -2.68. The zero-order chi connectivity index (χ0) is 50.6. The van der Waals surface area contributed by atoms with Crippen LogP contribution < -0.4 is 47.5 Å². The summed E-state index contributed by atoms with van der Waals surface area (Å²) in [6, 6.07) is 88.0. The number of aromatic nitrogens is 2. The van der Waals surface area contributed by atoms with Crippen molar-refractivity contribution < 1.29 is 0 Å². The normalized spacial score (nSPS) is 13.3. The number of benzene rings is 11. The van der Waals surface area contributed by atoms with E-state index in [0.717, 1.165) is 89.1 Å². The smallest absolute Gasteiger partial charge is 0.252 e. The van der Waals surface area contributed by atoms with Crippen LogP contribution in [0.2, 0.25) is 0 Å². The van der Waals surface area contributed by atoms with Crippen molar-refractivity contribution in [1.82, 2.24) is 9.13 Å². The van der Waals surface area contributed by atoms with Gasteiger partial charge in [-0.3, -0.25) is 0 Å². The highest BCUT2D eigenvalue weighted by Crippen LogP contribution is 2.51. The largest absolute Gasteiger partial charge is 0.319 e. The van der Waals surface area contributed by atoms with Crippen LogP contribution in [0.4, 0.5) is 56.9 Å². The van der Waals surface area contributed by atoms with Crippen LogP contribution in [0.15, 0.2) is 237 Å². The molecule has 11 aromatic carbocycles. The molecule has 0 spiro atoms. The molecule has 4 aliphatic rings. The van der Waals surface area contributed by atoms with Gasteiger partial charge in [0.1, 0.15) is 6.07 Å². The Kier molecular flexibility index (Phi) is 8.46. The third-order valence-electron chi connectivity index (χ3n) is 16.9. The Hall–Kier alpha value is -10.5. The van der Waals surface area contributed by atoms with Crippen molar-refractivity contribution in [2.75, 3.05) is 14.7 Å². The van der Waals surface area contributed by atoms with E-state index in [1.54, 1.807) is 0 Å². The Balaban J connectivity index is 0.995. The minimum Gasteiger partial charge on any atom is -0.319 e. The van der Waals surface area contributed by atoms with Crippen LogP contribution in [-0.2, 0) is 0 Å². The number of hydrogen-bond donors (Lipinski definition) is 0. The van der Waals surface area contributed by atoms with E-state index >= 15 is 0 Å². The van der Waals surface area contributed by atoms with E-state index in [4.69, 9.17) is 6.57 Å². The molecule has 0 atom stereocenters. The van der Waals surface area contributed by atoms with Gasteiger partial charge in [-0.2, -0.15) is 5.26 Å². The molecule has 77 heavy (non-hydrogen) atoms. The summed E-state index contributed by atoms with van der Waals surface area (Å²) in [7, 11) is 0.